The number of carbonyl (C=O) groups excluding carboxylic acids is 1. The molecule has 0 N–H and O–H groups in total. The molecule has 2 rings (SSSR count). The summed E-state index contributed by atoms with van der Waals surface area (Å²) in [5.74, 6) is -1.08. The third-order valence-electron chi connectivity index (χ3n) is 3.36. The quantitative estimate of drug-likeness (QED) is 0.439. The zero-order chi connectivity index (χ0) is 19.5. The van der Waals surface area contributed by atoms with Crippen molar-refractivity contribution in [3.63, 3.8) is 0 Å². The first-order chi connectivity index (χ1) is 12.1. The van der Waals surface area contributed by atoms with Crippen LogP contribution in [0.15, 0.2) is 24.3 Å². The van der Waals surface area contributed by atoms with Crippen molar-refractivity contribution in [2.24, 2.45) is 0 Å². The van der Waals surface area contributed by atoms with Gasteiger partial charge in [-0.2, -0.15) is 5.10 Å². The Morgan fingerprint density at radius 2 is 1.88 bits per heavy atom. The van der Waals surface area contributed by atoms with Gasteiger partial charge in [-0.3, -0.25) is 19.6 Å². The smallest absolute Gasteiger partial charge is 0.459 e. The first-order valence-corrected chi connectivity index (χ1v) is 7.25. The fourth-order valence-electron chi connectivity index (χ4n) is 2.22. The Morgan fingerprint density at radius 3 is 2.38 bits per heavy atom. The van der Waals surface area contributed by atoms with E-state index < -0.39 is 17.3 Å². The van der Waals surface area contributed by atoms with Crippen molar-refractivity contribution >= 4 is 11.7 Å². The Morgan fingerprint density at radius 1 is 1.27 bits per heavy atom. The number of rotatable bonds is 6. The number of esters is 1. The number of alkyl halides is 3. The molecular formula is C15H14F3N3O5. The number of ether oxygens (including phenoxy) is 2. The summed E-state index contributed by atoms with van der Waals surface area (Å²) in [4.78, 5) is 22.2. The number of hydrogen-bond donors (Lipinski definition) is 0. The third-order valence-corrected chi connectivity index (χ3v) is 3.36. The largest absolute Gasteiger partial charge is 0.573 e. The lowest BCUT2D eigenvalue weighted by atomic mass is 10.2. The number of carbonyl (C=O) groups is 1. The molecule has 0 bridgehead atoms. The lowest BCUT2D eigenvalue weighted by Crippen LogP contribution is -2.17. The van der Waals surface area contributed by atoms with E-state index in [9.17, 15) is 28.1 Å². The van der Waals surface area contributed by atoms with E-state index in [0.717, 1.165) is 16.8 Å². The first-order valence-electron chi connectivity index (χ1n) is 7.25. The van der Waals surface area contributed by atoms with Crippen LogP contribution >= 0.6 is 0 Å². The van der Waals surface area contributed by atoms with E-state index in [4.69, 9.17) is 4.74 Å². The molecule has 0 fully saturated rings. The summed E-state index contributed by atoms with van der Waals surface area (Å²) >= 11 is 0. The van der Waals surface area contributed by atoms with Gasteiger partial charge in [-0.1, -0.05) is 12.1 Å². The summed E-state index contributed by atoms with van der Waals surface area (Å²) in [6.45, 7) is 2.42. The molecule has 26 heavy (non-hydrogen) atoms. The molecule has 0 aliphatic carbocycles. The van der Waals surface area contributed by atoms with E-state index in [1.165, 1.54) is 26.0 Å². The Balaban J connectivity index is 1.93. The van der Waals surface area contributed by atoms with Gasteiger partial charge in [-0.15, -0.1) is 13.2 Å². The van der Waals surface area contributed by atoms with E-state index in [0.29, 0.717) is 5.56 Å². The number of halogens is 3. The molecule has 140 valence electrons. The molecule has 1 aromatic carbocycles. The average Bonchev–Trinajstić information content (AvgIpc) is 2.79. The predicted molar refractivity (Wildman–Crippen MR) is 81.3 cm³/mol. The van der Waals surface area contributed by atoms with Crippen LogP contribution in [0, 0.1) is 24.0 Å². The summed E-state index contributed by atoms with van der Waals surface area (Å²) < 4.78 is 46.1. The van der Waals surface area contributed by atoms with Crippen LogP contribution in [0.5, 0.6) is 5.75 Å². The number of hydrogen-bond acceptors (Lipinski definition) is 6. The van der Waals surface area contributed by atoms with Gasteiger partial charge in [0.1, 0.15) is 30.3 Å². The number of aromatic nitrogens is 2. The van der Waals surface area contributed by atoms with Crippen LogP contribution in [0.3, 0.4) is 0 Å². The standard InChI is InChI=1S/C15H14F3N3O5/c1-9-14(21(23)24)10(2)20(19-9)7-13(22)25-8-11-3-5-12(6-4-11)26-15(16,17)18/h3-6H,7-8H2,1-2H3. The lowest BCUT2D eigenvalue weighted by Gasteiger charge is -2.09. The molecule has 0 unspecified atom stereocenters. The molecule has 11 heteroatoms. The van der Waals surface area contributed by atoms with Crippen LogP contribution in [0.4, 0.5) is 18.9 Å². The second-order valence-electron chi connectivity index (χ2n) is 5.29. The van der Waals surface area contributed by atoms with Gasteiger partial charge in [0.05, 0.1) is 4.92 Å². The Labute approximate surface area is 145 Å². The van der Waals surface area contributed by atoms with Crippen LogP contribution in [0.1, 0.15) is 17.0 Å². The maximum absolute atomic E-state index is 12.1. The molecule has 0 radical (unpaired) electrons. The summed E-state index contributed by atoms with van der Waals surface area (Å²) in [5, 5.41) is 14.8. The second-order valence-corrected chi connectivity index (χ2v) is 5.29. The van der Waals surface area contributed by atoms with Crippen molar-refractivity contribution in [1.82, 2.24) is 9.78 Å². The second kappa shape index (κ2) is 7.42. The Hall–Kier alpha value is -3.11. The monoisotopic (exact) mass is 373 g/mol. The Kier molecular flexibility index (Phi) is 5.48. The highest BCUT2D eigenvalue weighted by Crippen LogP contribution is 2.23. The van der Waals surface area contributed by atoms with Gasteiger partial charge in [0, 0.05) is 0 Å². The summed E-state index contributed by atoms with van der Waals surface area (Å²) in [6, 6.07) is 4.84. The number of aryl methyl sites for hydroxylation is 1. The zero-order valence-corrected chi connectivity index (χ0v) is 13.7. The summed E-state index contributed by atoms with van der Waals surface area (Å²) in [6.07, 6.45) is -4.78. The molecule has 0 aliphatic heterocycles. The van der Waals surface area contributed by atoms with Crippen molar-refractivity contribution in [2.45, 2.75) is 33.4 Å². The topological polar surface area (TPSA) is 96.5 Å². The average molecular weight is 373 g/mol. The van der Waals surface area contributed by atoms with E-state index in [2.05, 4.69) is 9.84 Å². The minimum Gasteiger partial charge on any atom is -0.459 e. The summed E-state index contributed by atoms with van der Waals surface area (Å²) in [5.41, 5.74) is 0.684. The molecule has 2 aromatic rings. The SMILES string of the molecule is Cc1nn(CC(=O)OCc2ccc(OC(F)(F)F)cc2)c(C)c1[N+](=O)[O-]. The van der Waals surface area contributed by atoms with Gasteiger partial charge in [-0.05, 0) is 31.5 Å². The van der Waals surface area contributed by atoms with Crippen LogP contribution in [0.25, 0.3) is 0 Å². The molecule has 0 atom stereocenters. The molecule has 0 saturated heterocycles. The molecule has 8 nitrogen and oxygen atoms in total. The van der Waals surface area contributed by atoms with Gasteiger partial charge < -0.3 is 9.47 Å². The molecule has 1 aromatic heterocycles. The highest BCUT2D eigenvalue weighted by atomic mass is 19.4. The Bertz CT molecular complexity index is 815. The van der Waals surface area contributed by atoms with E-state index >= 15 is 0 Å². The predicted octanol–water partition coefficient (Wildman–Crippen LogP) is 3.05. The third kappa shape index (κ3) is 4.94. The minimum atomic E-state index is -4.78. The van der Waals surface area contributed by atoms with Crippen molar-refractivity contribution in [2.75, 3.05) is 0 Å². The molecule has 0 saturated carbocycles. The highest BCUT2D eigenvalue weighted by Gasteiger charge is 2.31. The van der Waals surface area contributed by atoms with Crippen LogP contribution < -0.4 is 4.74 Å². The highest BCUT2D eigenvalue weighted by molar-refractivity contribution is 5.69. The van der Waals surface area contributed by atoms with Crippen LogP contribution in [-0.4, -0.2) is 27.0 Å². The fraction of sp³-hybridized carbons (Fsp3) is 0.333. The number of nitrogens with zero attached hydrogens (tertiary/aromatic N) is 3. The van der Waals surface area contributed by atoms with Crippen LogP contribution in [-0.2, 0) is 22.7 Å². The maximum atomic E-state index is 12.1. The van der Waals surface area contributed by atoms with Gasteiger partial charge in [0.2, 0.25) is 0 Å². The van der Waals surface area contributed by atoms with E-state index in [1.807, 2.05) is 0 Å². The fourth-order valence-corrected chi connectivity index (χ4v) is 2.22. The first kappa shape index (κ1) is 19.2. The van der Waals surface area contributed by atoms with E-state index in [1.54, 1.807) is 0 Å². The van der Waals surface area contributed by atoms with Crippen molar-refractivity contribution in [3.8, 4) is 5.75 Å². The van der Waals surface area contributed by atoms with E-state index in [-0.39, 0.29) is 36.0 Å². The summed E-state index contributed by atoms with van der Waals surface area (Å²) in [7, 11) is 0. The van der Waals surface area contributed by atoms with Crippen LogP contribution in [0.2, 0.25) is 0 Å². The number of benzene rings is 1. The normalized spacial score (nSPS) is 11.3. The van der Waals surface area contributed by atoms with Gasteiger partial charge in [-0.25, -0.2) is 0 Å². The van der Waals surface area contributed by atoms with Gasteiger partial charge in [0.15, 0.2) is 0 Å². The zero-order valence-electron chi connectivity index (χ0n) is 13.7. The minimum absolute atomic E-state index is 0.168. The van der Waals surface area contributed by atoms with Gasteiger partial charge in [0.25, 0.3) is 0 Å². The molecule has 0 aliphatic rings. The van der Waals surface area contributed by atoms with Gasteiger partial charge >= 0.3 is 18.0 Å². The lowest BCUT2D eigenvalue weighted by molar-refractivity contribution is -0.386. The molecule has 0 spiro atoms. The van der Waals surface area contributed by atoms with Crippen molar-refractivity contribution in [1.29, 1.82) is 0 Å². The molecular weight excluding hydrogens is 359 g/mol. The molecule has 1 heterocycles. The van der Waals surface area contributed by atoms with Crippen molar-refractivity contribution in [3.05, 3.63) is 51.3 Å². The molecule has 0 amide bonds. The van der Waals surface area contributed by atoms with Crippen molar-refractivity contribution < 1.29 is 32.4 Å². The maximum Gasteiger partial charge on any atom is 0.573 e. The number of nitro groups is 1.